The summed E-state index contributed by atoms with van der Waals surface area (Å²) in [5.41, 5.74) is -0.471. The highest BCUT2D eigenvalue weighted by Gasteiger charge is 2.41. The van der Waals surface area contributed by atoms with E-state index in [0.29, 0.717) is 13.2 Å². The van der Waals surface area contributed by atoms with E-state index in [2.05, 4.69) is 10.0 Å². The Bertz CT molecular complexity index is 331. The lowest BCUT2D eigenvalue weighted by atomic mass is 9.97. The van der Waals surface area contributed by atoms with E-state index < -0.39 is 20.8 Å². The van der Waals surface area contributed by atoms with Crippen LogP contribution < -0.4 is 10.0 Å². The average molecular weight is 250 g/mol. The molecule has 1 fully saturated rings. The summed E-state index contributed by atoms with van der Waals surface area (Å²) in [6.45, 7) is 6.55. The topological polar surface area (TPSA) is 67.4 Å². The third kappa shape index (κ3) is 2.94. The van der Waals surface area contributed by atoms with Crippen molar-refractivity contribution in [1.29, 1.82) is 0 Å². The van der Waals surface area contributed by atoms with Crippen LogP contribution in [0.4, 0.5) is 0 Å². The number of sulfonamides is 1. The fourth-order valence-electron chi connectivity index (χ4n) is 1.79. The molecule has 0 radical (unpaired) electrons. The van der Waals surface area contributed by atoms with E-state index in [1.807, 2.05) is 13.8 Å². The van der Waals surface area contributed by atoms with Crippen LogP contribution in [0.3, 0.4) is 0 Å². The maximum Gasteiger partial charge on any atom is 0.216 e. The summed E-state index contributed by atoms with van der Waals surface area (Å²) in [6.07, 6.45) is 0.642. The summed E-state index contributed by atoms with van der Waals surface area (Å²) in [4.78, 5) is 0. The number of rotatable bonds is 5. The Balaban J connectivity index is 2.72. The van der Waals surface area contributed by atoms with Gasteiger partial charge in [0.05, 0.1) is 16.9 Å². The second kappa shape index (κ2) is 5.00. The highest BCUT2D eigenvalue weighted by molar-refractivity contribution is 7.90. The Hall–Kier alpha value is -0.170. The summed E-state index contributed by atoms with van der Waals surface area (Å²) in [5.74, 6) is 0. The molecule has 3 atom stereocenters. The van der Waals surface area contributed by atoms with Crippen molar-refractivity contribution in [3.63, 3.8) is 0 Å². The van der Waals surface area contributed by atoms with E-state index >= 15 is 0 Å². The molecule has 1 aliphatic rings. The lowest BCUT2D eigenvalue weighted by Gasteiger charge is -2.30. The van der Waals surface area contributed by atoms with E-state index in [-0.39, 0.29) is 6.10 Å². The van der Waals surface area contributed by atoms with E-state index in [9.17, 15) is 8.42 Å². The SMILES string of the molecule is CNCC(C)S(=O)(=O)NC1(C)CCOC1C. The van der Waals surface area contributed by atoms with Crippen molar-refractivity contribution in [2.45, 2.75) is 44.1 Å². The fraction of sp³-hybridized carbons (Fsp3) is 1.00. The van der Waals surface area contributed by atoms with Crippen molar-refractivity contribution in [2.75, 3.05) is 20.2 Å². The predicted octanol–water partition coefficient (Wildman–Crippen LogP) is 0.0812. The van der Waals surface area contributed by atoms with Crippen LogP contribution in [0.1, 0.15) is 27.2 Å². The van der Waals surface area contributed by atoms with Gasteiger partial charge in [-0.1, -0.05) is 0 Å². The van der Waals surface area contributed by atoms with Gasteiger partial charge in [-0.25, -0.2) is 13.1 Å². The quantitative estimate of drug-likeness (QED) is 0.725. The van der Waals surface area contributed by atoms with Gasteiger partial charge in [0.2, 0.25) is 10.0 Å². The maximum absolute atomic E-state index is 12.0. The minimum atomic E-state index is -3.29. The molecule has 0 aromatic carbocycles. The third-order valence-corrected chi connectivity index (χ3v) is 5.26. The molecule has 2 N–H and O–H groups in total. The Morgan fingerprint density at radius 3 is 2.62 bits per heavy atom. The largest absolute Gasteiger partial charge is 0.376 e. The van der Waals surface area contributed by atoms with Crippen LogP contribution in [0.15, 0.2) is 0 Å². The summed E-state index contributed by atoms with van der Waals surface area (Å²) < 4.78 is 32.2. The summed E-state index contributed by atoms with van der Waals surface area (Å²) >= 11 is 0. The van der Waals surface area contributed by atoms with Gasteiger partial charge in [-0.3, -0.25) is 0 Å². The molecule has 6 heteroatoms. The van der Waals surface area contributed by atoms with Crippen LogP contribution >= 0.6 is 0 Å². The first-order chi connectivity index (χ1) is 7.32. The van der Waals surface area contributed by atoms with Crippen LogP contribution in [0.2, 0.25) is 0 Å². The first-order valence-electron chi connectivity index (χ1n) is 5.61. The number of hydrogen-bond acceptors (Lipinski definition) is 4. The molecule has 0 bridgehead atoms. The molecule has 0 aromatic heterocycles. The minimum absolute atomic E-state index is 0.0796. The van der Waals surface area contributed by atoms with Crippen molar-refractivity contribution >= 4 is 10.0 Å². The van der Waals surface area contributed by atoms with E-state index in [1.54, 1.807) is 14.0 Å². The summed E-state index contributed by atoms with van der Waals surface area (Å²) in [7, 11) is -1.54. The zero-order valence-electron chi connectivity index (χ0n) is 10.4. The second-order valence-corrected chi connectivity index (χ2v) is 6.79. The van der Waals surface area contributed by atoms with Crippen molar-refractivity contribution in [1.82, 2.24) is 10.0 Å². The first kappa shape index (κ1) is 13.9. The molecule has 1 heterocycles. The van der Waals surface area contributed by atoms with E-state index in [0.717, 1.165) is 6.42 Å². The molecular weight excluding hydrogens is 228 g/mol. The Morgan fingerprint density at radius 2 is 2.19 bits per heavy atom. The normalized spacial score (nSPS) is 32.9. The van der Waals surface area contributed by atoms with E-state index in [4.69, 9.17) is 4.74 Å². The first-order valence-corrected chi connectivity index (χ1v) is 7.15. The average Bonchev–Trinajstić information content (AvgIpc) is 2.46. The van der Waals surface area contributed by atoms with Crippen molar-refractivity contribution in [3.05, 3.63) is 0 Å². The molecule has 5 nitrogen and oxygen atoms in total. The molecule has 0 saturated carbocycles. The lowest BCUT2D eigenvalue weighted by Crippen LogP contribution is -2.53. The molecule has 0 aromatic rings. The molecular formula is C10H22N2O3S. The maximum atomic E-state index is 12.0. The molecule has 1 aliphatic heterocycles. The van der Waals surface area contributed by atoms with Gasteiger partial charge in [0.1, 0.15) is 0 Å². The Labute approximate surface area is 98.0 Å². The lowest BCUT2D eigenvalue weighted by molar-refractivity contribution is 0.0956. The zero-order valence-corrected chi connectivity index (χ0v) is 11.2. The zero-order chi connectivity index (χ0) is 12.4. The van der Waals surface area contributed by atoms with Crippen LogP contribution in [-0.2, 0) is 14.8 Å². The Morgan fingerprint density at radius 1 is 1.56 bits per heavy atom. The molecule has 0 spiro atoms. The molecule has 3 unspecified atom stereocenters. The monoisotopic (exact) mass is 250 g/mol. The minimum Gasteiger partial charge on any atom is -0.376 e. The van der Waals surface area contributed by atoms with Gasteiger partial charge in [-0.2, -0.15) is 0 Å². The molecule has 16 heavy (non-hydrogen) atoms. The number of nitrogens with one attached hydrogen (secondary N) is 2. The van der Waals surface area contributed by atoms with Gasteiger partial charge >= 0.3 is 0 Å². The van der Waals surface area contributed by atoms with E-state index in [1.165, 1.54) is 0 Å². The van der Waals surface area contributed by atoms with Gasteiger partial charge in [0, 0.05) is 13.2 Å². The second-order valence-electron chi connectivity index (χ2n) is 4.70. The molecule has 96 valence electrons. The summed E-state index contributed by atoms with van der Waals surface area (Å²) in [5, 5.41) is 2.43. The number of ether oxygens (including phenoxy) is 1. The smallest absolute Gasteiger partial charge is 0.216 e. The Kier molecular flexibility index (Phi) is 4.34. The van der Waals surface area contributed by atoms with Crippen LogP contribution in [0.5, 0.6) is 0 Å². The van der Waals surface area contributed by atoms with Gasteiger partial charge in [0.25, 0.3) is 0 Å². The van der Waals surface area contributed by atoms with Crippen molar-refractivity contribution < 1.29 is 13.2 Å². The standard InChI is InChI=1S/C10H22N2O3S/c1-8(7-11-4)16(13,14)12-10(3)5-6-15-9(10)2/h8-9,11-12H,5-7H2,1-4H3. The molecule has 0 aliphatic carbocycles. The van der Waals surface area contributed by atoms with Gasteiger partial charge in [-0.05, 0) is 34.2 Å². The molecule has 1 rings (SSSR count). The predicted molar refractivity (Wildman–Crippen MR) is 63.9 cm³/mol. The summed E-state index contributed by atoms with van der Waals surface area (Å²) in [6, 6.07) is 0. The highest BCUT2D eigenvalue weighted by Crippen LogP contribution is 2.26. The molecule has 1 saturated heterocycles. The molecule has 0 amide bonds. The van der Waals surface area contributed by atoms with Crippen molar-refractivity contribution in [2.24, 2.45) is 0 Å². The van der Waals surface area contributed by atoms with Crippen molar-refractivity contribution in [3.8, 4) is 0 Å². The third-order valence-electron chi connectivity index (χ3n) is 3.28. The number of hydrogen-bond donors (Lipinski definition) is 2. The van der Waals surface area contributed by atoms with Gasteiger partial charge in [-0.15, -0.1) is 0 Å². The van der Waals surface area contributed by atoms with Crippen LogP contribution in [0, 0.1) is 0 Å². The highest BCUT2D eigenvalue weighted by atomic mass is 32.2. The van der Waals surface area contributed by atoms with Gasteiger partial charge in [0.15, 0.2) is 0 Å². The van der Waals surface area contributed by atoms with Crippen LogP contribution in [0.25, 0.3) is 0 Å². The fourth-order valence-corrected chi connectivity index (χ4v) is 3.30. The van der Waals surface area contributed by atoms with Crippen LogP contribution in [-0.4, -0.2) is 45.5 Å². The van der Waals surface area contributed by atoms with Gasteiger partial charge < -0.3 is 10.1 Å².